The molecule has 8 nitrogen and oxygen atoms in total. The highest BCUT2D eigenvalue weighted by Gasteiger charge is 2.23. The first kappa shape index (κ1) is 25.1. The van der Waals surface area contributed by atoms with Crippen LogP contribution in [0.25, 0.3) is 5.69 Å². The molecule has 0 spiro atoms. The van der Waals surface area contributed by atoms with Crippen LogP contribution in [0.3, 0.4) is 0 Å². The number of sulfonamides is 1. The van der Waals surface area contributed by atoms with E-state index in [-0.39, 0.29) is 10.4 Å². The number of hydrogen-bond acceptors (Lipinski definition) is 5. The molecule has 34 heavy (non-hydrogen) atoms. The molecule has 0 saturated heterocycles. The quantitative estimate of drug-likeness (QED) is 0.533. The van der Waals surface area contributed by atoms with Crippen LogP contribution in [-0.4, -0.2) is 31.3 Å². The molecule has 0 radical (unpaired) electrons. The molecular weight excluding hydrogens is 478 g/mol. The van der Waals surface area contributed by atoms with Crippen molar-refractivity contribution in [2.45, 2.75) is 26.2 Å². The second-order valence-corrected chi connectivity index (χ2v) is 10.8. The van der Waals surface area contributed by atoms with E-state index in [4.69, 9.17) is 16.3 Å². The normalized spacial score (nSPS) is 11.5. The van der Waals surface area contributed by atoms with Gasteiger partial charge in [0.25, 0.3) is 5.56 Å². The van der Waals surface area contributed by atoms with Gasteiger partial charge < -0.3 is 4.74 Å². The number of aromatic nitrogens is 2. The Morgan fingerprint density at radius 3 is 2.29 bits per heavy atom. The minimum absolute atomic E-state index is 0.268. The van der Waals surface area contributed by atoms with Gasteiger partial charge in [-0.05, 0) is 35.7 Å². The molecule has 3 aromatic rings. The van der Waals surface area contributed by atoms with Crippen molar-refractivity contribution in [2.24, 2.45) is 0 Å². The van der Waals surface area contributed by atoms with Crippen molar-refractivity contribution in [3.63, 3.8) is 0 Å². The fourth-order valence-electron chi connectivity index (χ4n) is 3.27. The second kappa shape index (κ2) is 9.41. The van der Waals surface area contributed by atoms with Crippen molar-refractivity contribution in [3.05, 3.63) is 85.1 Å². The number of nitrogens with one attached hydrogen (secondary N) is 2. The molecule has 0 atom stereocenters. The van der Waals surface area contributed by atoms with Crippen LogP contribution < -0.4 is 20.7 Å². The summed E-state index contributed by atoms with van der Waals surface area (Å²) >= 11 is 6.32. The van der Waals surface area contributed by atoms with Gasteiger partial charge in [0.1, 0.15) is 5.75 Å². The monoisotopic (exact) mass is 501 g/mol. The average Bonchev–Trinajstić information content (AvgIpc) is 2.70. The summed E-state index contributed by atoms with van der Waals surface area (Å²) < 4.78 is 32.2. The van der Waals surface area contributed by atoms with Crippen molar-refractivity contribution in [1.82, 2.24) is 9.55 Å². The fraction of sp³-hybridized carbons (Fsp3) is 0.250. The molecule has 0 aliphatic carbocycles. The summed E-state index contributed by atoms with van der Waals surface area (Å²) in [6.45, 7) is 6.02. The molecule has 3 rings (SSSR count). The summed E-state index contributed by atoms with van der Waals surface area (Å²) in [7, 11) is -1.90. The third-order valence-electron chi connectivity index (χ3n) is 4.79. The van der Waals surface area contributed by atoms with Crippen molar-refractivity contribution >= 4 is 27.3 Å². The Morgan fingerprint density at radius 1 is 1.06 bits per heavy atom. The molecule has 0 unspecified atom stereocenters. The van der Waals surface area contributed by atoms with Crippen LogP contribution >= 0.6 is 11.6 Å². The van der Waals surface area contributed by atoms with Crippen LogP contribution in [0.5, 0.6) is 5.75 Å². The average molecular weight is 502 g/mol. The van der Waals surface area contributed by atoms with Crippen molar-refractivity contribution in [1.29, 1.82) is 0 Å². The number of anilines is 1. The van der Waals surface area contributed by atoms with Gasteiger partial charge in [-0.3, -0.25) is 19.1 Å². The molecular formula is C24H24ClN3O5S. The van der Waals surface area contributed by atoms with Crippen LogP contribution in [0.15, 0.2) is 52.2 Å². The highest BCUT2D eigenvalue weighted by atomic mass is 35.5. The van der Waals surface area contributed by atoms with E-state index in [1.807, 2.05) is 26.8 Å². The minimum Gasteiger partial charge on any atom is -0.495 e. The predicted molar refractivity (Wildman–Crippen MR) is 134 cm³/mol. The maximum absolute atomic E-state index is 12.4. The smallest absolute Gasteiger partial charge is 0.332 e. The molecule has 2 aromatic carbocycles. The fourth-order valence-corrected chi connectivity index (χ4v) is 4.05. The van der Waals surface area contributed by atoms with Gasteiger partial charge in [0.15, 0.2) is 0 Å². The zero-order chi connectivity index (χ0) is 25.3. The number of hydrogen-bond donors (Lipinski definition) is 2. The summed E-state index contributed by atoms with van der Waals surface area (Å²) in [5.74, 6) is 6.60. The molecule has 0 bridgehead atoms. The molecule has 0 fully saturated rings. The van der Waals surface area contributed by atoms with Gasteiger partial charge >= 0.3 is 5.69 Å². The Bertz CT molecular complexity index is 1540. The molecule has 0 amide bonds. The zero-order valence-corrected chi connectivity index (χ0v) is 20.9. The molecule has 10 heteroatoms. The lowest BCUT2D eigenvalue weighted by molar-refractivity contribution is 0.396. The Hall–Kier alpha value is -3.48. The predicted octanol–water partition coefficient (Wildman–Crippen LogP) is 3.26. The molecule has 0 aliphatic rings. The first-order chi connectivity index (χ1) is 15.8. The van der Waals surface area contributed by atoms with Gasteiger partial charge in [0.05, 0.1) is 35.3 Å². The Labute approximate surface area is 202 Å². The summed E-state index contributed by atoms with van der Waals surface area (Å²) in [6.07, 6.45) is 2.45. The lowest BCUT2D eigenvalue weighted by Crippen LogP contribution is -2.28. The van der Waals surface area contributed by atoms with Gasteiger partial charge in [0.2, 0.25) is 10.0 Å². The first-order valence-corrected chi connectivity index (χ1v) is 12.4. The zero-order valence-electron chi connectivity index (χ0n) is 19.3. The van der Waals surface area contributed by atoms with Crippen molar-refractivity contribution in [3.8, 4) is 23.3 Å². The largest absolute Gasteiger partial charge is 0.495 e. The number of nitrogens with zero attached hydrogens (tertiary/aromatic N) is 1. The van der Waals surface area contributed by atoms with Gasteiger partial charge in [-0.1, -0.05) is 44.2 Å². The van der Waals surface area contributed by atoms with E-state index in [9.17, 15) is 18.0 Å². The van der Waals surface area contributed by atoms with E-state index in [0.717, 1.165) is 11.8 Å². The molecule has 1 aromatic heterocycles. The summed E-state index contributed by atoms with van der Waals surface area (Å²) in [5.41, 5.74) is 1.22. The Morgan fingerprint density at radius 2 is 1.74 bits per heavy atom. The van der Waals surface area contributed by atoms with Gasteiger partial charge in [-0.2, -0.15) is 0 Å². The van der Waals surface area contributed by atoms with E-state index in [1.54, 1.807) is 25.3 Å². The van der Waals surface area contributed by atoms with E-state index in [0.29, 0.717) is 28.3 Å². The van der Waals surface area contributed by atoms with Gasteiger partial charge in [-0.15, -0.1) is 0 Å². The maximum Gasteiger partial charge on any atom is 0.332 e. The Kier molecular flexibility index (Phi) is 6.96. The van der Waals surface area contributed by atoms with Crippen molar-refractivity contribution < 1.29 is 13.2 Å². The number of methoxy groups -OCH3 is 1. The number of H-pyrrole nitrogens is 1. The Balaban J connectivity index is 2.18. The number of aromatic amines is 1. The standard InChI is InChI=1S/C24H24ClN3O5S/c1-24(2,3)19-14-18(28-11-10-21(29)26-23(28)30)12-16(22(19)33-4)7-6-15-8-9-17(13-20(15)25)27-34(5,31)32/h8-14,27H,1-5H3,(H,26,29,30). The third-order valence-corrected chi connectivity index (χ3v) is 5.71. The highest BCUT2D eigenvalue weighted by molar-refractivity contribution is 7.92. The minimum atomic E-state index is -3.44. The van der Waals surface area contributed by atoms with Gasteiger partial charge in [0, 0.05) is 23.4 Å². The highest BCUT2D eigenvalue weighted by Crippen LogP contribution is 2.36. The van der Waals surface area contributed by atoms with Crippen molar-refractivity contribution in [2.75, 3.05) is 18.1 Å². The molecule has 1 heterocycles. The van der Waals surface area contributed by atoms with Crippen LogP contribution in [0, 0.1) is 11.8 Å². The number of rotatable bonds is 4. The third kappa shape index (κ3) is 5.90. The summed E-state index contributed by atoms with van der Waals surface area (Å²) in [5, 5.41) is 0.268. The lowest BCUT2D eigenvalue weighted by atomic mass is 9.84. The molecule has 0 saturated carbocycles. The van der Waals surface area contributed by atoms with E-state index in [1.165, 1.54) is 22.9 Å². The first-order valence-electron chi connectivity index (χ1n) is 10.1. The lowest BCUT2D eigenvalue weighted by Gasteiger charge is -2.24. The van der Waals surface area contributed by atoms with Crippen LogP contribution in [0.1, 0.15) is 37.5 Å². The van der Waals surface area contributed by atoms with E-state index >= 15 is 0 Å². The maximum atomic E-state index is 12.4. The van der Waals surface area contributed by atoms with Crippen LogP contribution in [0.4, 0.5) is 5.69 Å². The van der Waals surface area contributed by atoms with Crippen LogP contribution in [-0.2, 0) is 15.4 Å². The van der Waals surface area contributed by atoms with E-state index < -0.39 is 21.3 Å². The second-order valence-electron chi connectivity index (χ2n) is 8.62. The molecule has 0 aliphatic heterocycles. The molecule has 2 N–H and O–H groups in total. The summed E-state index contributed by atoms with van der Waals surface area (Å²) in [6, 6.07) is 9.41. The number of ether oxygens (including phenoxy) is 1. The summed E-state index contributed by atoms with van der Waals surface area (Å²) in [4.78, 5) is 26.1. The van der Waals surface area contributed by atoms with E-state index in [2.05, 4.69) is 21.5 Å². The SMILES string of the molecule is COc1c(C#Cc2ccc(NS(C)(=O)=O)cc2Cl)cc(-n2ccc(=O)[nH]c2=O)cc1C(C)(C)C. The van der Waals surface area contributed by atoms with Gasteiger partial charge in [-0.25, -0.2) is 13.2 Å². The topological polar surface area (TPSA) is 110 Å². The molecule has 178 valence electrons. The number of benzene rings is 2. The number of halogens is 1. The van der Waals surface area contributed by atoms with Crippen LogP contribution in [0.2, 0.25) is 5.02 Å².